The van der Waals surface area contributed by atoms with E-state index in [1.54, 1.807) is 6.92 Å². The molecule has 1 rings (SSSR count). The summed E-state index contributed by atoms with van der Waals surface area (Å²) in [6, 6.07) is -0.356. The minimum atomic E-state index is -0.356. The van der Waals surface area contributed by atoms with Gasteiger partial charge in [0.25, 0.3) is 0 Å². The van der Waals surface area contributed by atoms with E-state index in [-0.39, 0.29) is 24.5 Å². The molecule has 0 radical (unpaired) electrons. The van der Waals surface area contributed by atoms with Gasteiger partial charge in [-0.1, -0.05) is 13.3 Å². The lowest BCUT2D eigenvalue weighted by atomic mass is 10.2. The number of piperazine rings is 1. The first-order valence-corrected chi connectivity index (χ1v) is 7.07. The third-order valence-corrected chi connectivity index (χ3v) is 3.11. The van der Waals surface area contributed by atoms with Crippen LogP contribution < -0.4 is 10.6 Å². The van der Waals surface area contributed by atoms with Gasteiger partial charge in [-0.25, -0.2) is 0 Å². The molecule has 1 aliphatic rings. The van der Waals surface area contributed by atoms with E-state index >= 15 is 0 Å². The second-order valence-corrected chi connectivity index (χ2v) is 4.65. The molecule has 1 saturated heterocycles. The molecule has 1 fully saturated rings. The van der Waals surface area contributed by atoms with Crippen molar-refractivity contribution in [3.05, 3.63) is 0 Å². The highest BCUT2D eigenvalue weighted by Gasteiger charge is 2.30. The number of nitrogens with one attached hydrogen (secondary N) is 2. The molecule has 0 bridgehead atoms. The Kier molecular flexibility index (Phi) is 7.43. The number of rotatable bonds is 7. The summed E-state index contributed by atoms with van der Waals surface area (Å²) in [6.45, 7) is 7.21. The number of unbranched alkanes of at least 4 members (excludes halogenated alkanes) is 1. The summed E-state index contributed by atoms with van der Waals surface area (Å²) in [4.78, 5) is 25.5. The van der Waals surface area contributed by atoms with E-state index in [0.29, 0.717) is 26.2 Å². The van der Waals surface area contributed by atoms with E-state index in [4.69, 9.17) is 4.74 Å². The largest absolute Gasteiger partial charge is 0.465 e. The van der Waals surface area contributed by atoms with Crippen LogP contribution >= 0.6 is 0 Å². The molecule has 0 aliphatic carbocycles. The Bertz CT molecular complexity index is 297. The molecule has 1 amide bonds. The summed E-state index contributed by atoms with van der Waals surface area (Å²) >= 11 is 0. The van der Waals surface area contributed by atoms with Crippen LogP contribution in [0.2, 0.25) is 0 Å². The first-order chi connectivity index (χ1) is 9.19. The second kappa shape index (κ2) is 8.87. The number of carbonyl (C=O) groups is 2. The van der Waals surface area contributed by atoms with Crippen LogP contribution in [-0.2, 0) is 14.3 Å². The minimum absolute atomic E-state index is 0.0235. The smallest absolute Gasteiger partial charge is 0.324 e. The number of ether oxygens (including phenoxy) is 1. The molecule has 6 heteroatoms. The standard InChI is InChI=1S/C13H25N3O3/c1-3-5-6-15-12(17)10-16-8-7-14-9-11(16)13(18)19-4-2/h11,14H,3-10H2,1-2H3,(H,15,17). The lowest BCUT2D eigenvalue weighted by Gasteiger charge is -2.33. The van der Waals surface area contributed by atoms with Gasteiger partial charge >= 0.3 is 5.97 Å². The maximum atomic E-state index is 11.8. The van der Waals surface area contributed by atoms with Crippen molar-refractivity contribution in [2.45, 2.75) is 32.7 Å². The number of hydrogen-bond acceptors (Lipinski definition) is 5. The highest BCUT2D eigenvalue weighted by molar-refractivity contribution is 5.80. The van der Waals surface area contributed by atoms with Crippen LogP contribution in [0.1, 0.15) is 26.7 Å². The number of hydrogen-bond donors (Lipinski definition) is 2. The fraction of sp³-hybridized carbons (Fsp3) is 0.846. The first-order valence-electron chi connectivity index (χ1n) is 7.07. The van der Waals surface area contributed by atoms with Gasteiger partial charge in [0, 0.05) is 26.2 Å². The Morgan fingerprint density at radius 1 is 1.42 bits per heavy atom. The quantitative estimate of drug-likeness (QED) is 0.493. The van der Waals surface area contributed by atoms with Gasteiger partial charge in [0.15, 0.2) is 0 Å². The summed E-state index contributed by atoms with van der Waals surface area (Å²) in [5.41, 5.74) is 0. The Morgan fingerprint density at radius 2 is 2.21 bits per heavy atom. The maximum absolute atomic E-state index is 11.8. The Hall–Kier alpha value is -1.14. The highest BCUT2D eigenvalue weighted by atomic mass is 16.5. The van der Waals surface area contributed by atoms with Crippen molar-refractivity contribution in [3.8, 4) is 0 Å². The molecule has 110 valence electrons. The van der Waals surface area contributed by atoms with E-state index in [1.165, 1.54) is 0 Å². The Morgan fingerprint density at radius 3 is 2.89 bits per heavy atom. The van der Waals surface area contributed by atoms with Gasteiger partial charge in [-0.05, 0) is 13.3 Å². The molecule has 1 unspecified atom stereocenters. The molecule has 0 saturated carbocycles. The number of carbonyl (C=O) groups excluding carboxylic acids is 2. The summed E-state index contributed by atoms with van der Waals surface area (Å²) in [7, 11) is 0. The van der Waals surface area contributed by atoms with Crippen LogP contribution in [0.25, 0.3) is 0 Å². The third-order valence-electron chi connectivity index (χ3n) is 3.11. The van der Waals surface area contributed by atoms with Crippen molar-refractivity contribution in [2.75, 3.05) is 39.3 Å². The molecule has 1 heterocycles. The third kappa shape index (κ3) is 5.57. The summed E-state index contributed by atoms with van der Waals surface area (Å²) in [6.07, 6.45) is 2.04. The lowest BCUT2D eigenvalue weighted by Crippen LogP contribution is -2.57. The first kappa shape index (κ1) is 15.9. The topological polar surface area (TPSA) is 70.7 Å². The Labute approximate surface area is 114 Å². The zero-order chi connectivity index (χ0) is 14.1. The zero-order valence-corrected chi connectivity index (χ0v) is 11.9. The molecule has 19 heavy (non-hydrogen) atoms. The normalized spacial score (nSPS) is 20.0. The predicted molar refractivity (Wildman–Crippen MR) is 72.8 cm³/mol. The highest BCUT2D eigenvalue weighted by Crippen LogP contribution is 2.05. The minimum Gasteiger partial charge on any atom is -0.465 e. The van der Waals surface area contributed by atoms with Crippen LogP contribution in [-0.4, -0.2) is 62.1 Å². The van der Waals surface area contributed by atoms with Gasteiger partial charge in [-0.15, -0.1) is 0 Å². The van der Waals surface area contributed by atoms with Crippen LogP contribution in [0, 0.1) is 0 Å². The SMILES string of the molecule is CCCCNC(=O)CN1CCNCC1C(=O)OCC. The number of amides is 1. The van der Waals surface area contributed by atoms with E-state index in [1.807, 2.05) is 4.90 Å². The lowest BCUT2D eigenvalue weighted by molar-refractivity contribution is -0.150. The van der Waals surface area contributed by atoms with Gasteiger partial charge in [0.05, 0.1) is 13.2 Å². The molecular weight excluding hydrogens is 246 g/mol. The monoisotopic (exact) mass is 271 g/mol. The summed E-state index contributed by atoms with van der Waals surface area (Å²) < 4.78 is 5.04. The summed E-state index contributed by atoms with van der Waals surface area (Å²) in [5.74, 6) is -0.277. The number of nitrogens with zero attached hydrogens (tertiary/aromatic N) is 1. The van der Waals surface area contributed by atoms with E-state index in [2.05, 4.69) is 17.6 Å². The van der Waals surface area contributed by atoms with Crippen LogP contribution in [0.4, 0.5) is 0 Å². The van der Waals surface area contributed by atoms with Crippen LogP contribution in [0.15, 0.2) is 0 Å². The molecule has 1 aliphatic heterocycles. The van der Waals surface area contributed by atoms with Crippen molar-refractivity contribution in [2.24, 2.45) is 0 Å². The Balaban J connectivity index is 2.43. The number of esters is 1. The molecule has 6 nitrogen and oxygen atoms in total. The van der Waals surface area contributed by atoms with Crippen LogP contribution in [0.3, 0.4) is 0 Å². The van der Waals surface area contributed by atoms with Crippen molar-refractivity contribution in [3.63, 3.8) is 0 Å². The van der Waals surface area contributed by atoms with Gasteiger partial charge < -0.3 is 15.4 Å². The molecule has 0 aromatic carbocycles. The second-order valence-electron chi connectivity index (χ2n) is 4.65. The van der Waals surface area contributed by atoms with Crippen molar-refractivity contribution in [1.29, 1.82) is 0 Å². The van der Waals surface area contributed by atoms with Crippen molar-refractivity contribution < 1.29 is 14.3 Å². The zero-order valence-electron chi connectivity index (χ0n) is 11.9. The van der Waals surface area contributed by atoms with Crippen LogP contribution in [0.5, 0.6) is 0 Å². The fourth-order valence-corrected chi connectivity index (χ4v) is 2.05. The van der Waals surface area contributed by atoms with Gasteiger partial charge in [0.1, 0.15) is 6.04 Å². The van der Waals surface area contributed by atoms with E-state index < -0.39 is 0 Å². The van der Waals surface area contributed by atoms with Gasteiger partial charge in [-0.2, -0.15) is 0 Å². The fourth-order valence-electron chi connectivity index (χ4n) is 2.05. The average Bonchev–Trinajstić information content (AvgIpc) is 2.40. The van der Waals surface area contributed by atoms with Gasteiger partial charge in [0.2, 0.25) is 5.91 Å². The molecular formula is C13H25N3O3. The average molecular weight is 271 g/mol. The molecule has 2 N–H and O–H groups in total. The molecule has 0 aromatic heterocycles. The van der Waals surface area contributed by atoms with E-state index in [9.17, 15) is 9.59 Å². The maximum Gasteiger partial charge on any atom is 0.324 e. The molecule has 0 aromatic rings. The predicted octanol–water partition coefficient (Wildman–Crippen LogP) is -0.260. The molecule has 1 atom stereocenters. The van der Waals surface area contributed by atoms with Crippen molar-refractivity contribution >= 4 is 11.9 Å². The van der Waals surface area contributed by atoms with Gasteiger partial charge in [-0.3, -0.25) is 14.5 Å². The van der Waals surface area contributed by atoms with Crippen molar-refractivity contribution in [1.82, 2.24) is 15.5 Å². The molecule has 0 spiro atoms. The van der Waals surface area contributed by atoms with E-state index in [0.717, 1.165) is 19.4 Å². The summed E-state index contributed by atoms with van der Waals surface area (Å²) in [5, 5.41) is 6.02.